The standard InChI is InChI=1S/C25H36N4O2/c1-18(2)29-15-23(26-17-29)22-14-28(16-25(22)11-6-12-27(5)24(25)30)13-20-7-9-21(10-8-20)31-19(3)4/h7-10,15,17-19,22H,6,11-14,16H2,1-5H3/t22-,25+/m1/s1. The SMILES string of the molecule is CC(C)Oc1ccc(CN2C[C@H](c3cn(C(C)C)cn3)[C@]3(CCCN(C)C3=O)C2)cc1. The van der Waals surface area contributed by atoms with E-state index in [1.54, 1.807) is 0 Å². The number of carbonyl (C=O) groups is 1. The van der Waals surface area contributed by atoms with Gasteiger partial charge in [-0.1, -0.05) is 12.1 Å². The van der Waals surface area contributed by atoms with E-state index in [0.717, 1.165) is 50.5 Å². The molecule has 2 atom stereocenters. The summed E-state index contributed by atoms with van der Waals surface area (Å²) in [4.78, 5) is 22.6. The van der Waals surface area contributed by atoms with E-state index in [1.165, 1.54) is 5.56 Å². The van der Waals surface area contributed by atoms with Crippen LogP contribution in [0.5, 0.6) is 5.75 Å². The van der Waals surface area contributed by atoms with Gasteiger partial charge in [-0.25, -0.2) is 4.98 Å². The van der Waals surface area contributed by atoms with Crippen molar-refractivity contribution in [3.8, 4) is 5.75 Å². The van der Waals surface area contributed by atoms with Gasteiger partial charge in [0.05, 0.1) is 23.5 Å². The summed E-state index contributed by atoms with van der Waals surface area (Å²) in [7, 11) is 1.95. The van der Waals surface area contributed by atoms with Crippen molar-refractivity contribution in [3.05, 3.63) is 48.0 Å². The van der Waals surface area contributed by atoms with Gasteiger partial charge in [0, 0.05) is 51.4 Å². The van der Waals surface area contributed by atoms with Crippen LogP contribution in [0.1, 0.15) is 63.8 Å². The molecule has 1 aromatic heterocycles. The lowest BCUT2D eigenvalue weighted by molar-refractivity contribution is -0.145. The van der Waals surface area contributed by atoms with Gasteiger partial charge in [0.15, 0.2) is 0 Å². The highest BCUT2D eigenvalue weighted by Crippen LogP contribution is 2.49. The second-order valence-corrected chi connectivity index (χ2v) is 9.86. The maximum absolute atomic E-state index is 13.5. The van der Waals surface area contributed by atoms with E-state index < -0.39 is 0 Å². The smallest absolute Gasteiger partial charge is 0.230 e. The van der Waals surface area contributed by atoms with E-state index in [-0.39, 0.29) is 23.3 Å². The summed E-state index contributed by atoms with van der Waals surface area (Å²) >= 11 is 0. The summed E-state index contributed by atoms with van der Waals surface area (Å²) < 4.78 is 7.93. The molecule has 0 aliphatic carbocycles. The zero-order valence-electron chi connectivity index (χ0n) is 19.5. The van der Waals surface area contributed by atoms with Crippen molar-refractivity contribution in [1.29, 1.82) is 0 Å². The summed E-state index contributed by atoms with van der Waals surface area (Å²) in [6.45, 7) is 11.7. The molecule has 3 heterocycles. The maximum atomic E-state index is 13.5. The van der Waals surface area contributed by atoms with Crippen molar-refractivity contribution < 1.29 is 9.53 Å². The molecule has 6 nitrogen and oxygen atoms in total. The lowest BCUT2D eigenvalue weighted by Gasteiger charge is -2.40. The lowest BCUT2D eigenvalue weighted by atomic mass is 9.70. The fraction of sp³-hybridized carbons (Fsp3) is 0.600. The number of aromatic nitrogens is 2. The quantitative estimate of drug-likeness (QED) is 0.701. The van der Waals surface area contributed by atoms with E-state index in [4.69, 9.17) is 9.72 Å². The summed E-state index contributed by atoms with van der Waals surface area (Å²) in [5, 5.41) is 0. The number of nitrogens with zero attached hydrogens (tertiary/aromatic N) is 4. The highest BCUT2D eigenvalue weighted by Gasteiger charge is 2.55. The van der Waals surface area contributed by atoms with Crippen LogP contribution in [-0.4, -0.2) is 58.0 Å². The molecule has 1 amide bonds. The first-order chi connectivity index (χ1) is 14.8. The number of hydrogen-bond acceptors (Lipinski definition) is 4. The largest absolute Gasteiger partial charge is 0.491 e. The number of benzene rings is 1. The molecule has 2 aliphatic heterocycles. The molecule has 0 N–H and O–H groups in total. The lowest BCUT2D eigenvalue weighted by Crippen LogP contribution is -2.50. The Morgan fingerprint density at radius 3 is 2.58 bits per heavy atom. The molecular weight excluding hydrogens is 388 g/mol. The maximum Gasteiger partial charge on any atom is 0.230 e. The highest BCUT2D eigenvalue weighted by molar-refractivity contribution is 5.85. The van der Waals surface area contributed by atoms with Gasteiger partial charge in [-0.2, -0.15) is 0 Å². The Kier molecular flexibility index (Phi) is 6.11. The fourth-order valence-corrected chi connectivity index (χ4v) is 5.21. The number of hydrogen-bond donors (Lipinski definition) is 0. The van der Waals surface area contributed by atoms with Crippen LogP contribution in [0.25, 0.3) is 0 Å². The molecule has 2 aromatic rings. The predicted octanol–water partition coefficient (Wildman–Crippen LogP) is 4.09. The van der Waals surface area contributed by atoms with Gasteiger partial charge >= 0.3 is 0 Å². The number of rotatable bonds is 6. The van der Waals surface area contributed by atoms with Crippen molar-refractivity contribution >= 4 is 5.91 Å². The van der Waals surface area contributed by atoms with Crippen molar-refractivity contribution in [1.82, 2.24) is 19.4 Å². The number of imidazole rings is 1. The first-order valence-electron chi connectivity index (χ1n) is 11.6. The first-order valence-corrected chi connectivity index (χ1v) is 11.6. The molecule has 1 aromatic carbocycles. The zero-order chi connectivity index (χ0) is 22.2. The molecule has 168 valence electrons. The predicted molar refractivity (Wildman–Crippen MR) is 122 cm³/mol. The van der Waals surface area contributed by atoms with Crippen molar-refractivity contribution in [3.63, 3.8) is 0 Å². The van der Waals surface area contributed by atoms with Gasteiger partial charge in [0.2, 0.25) is 5.91 Å². The van der Waals surface area contributed by atoms with E-state index in [1.807, 2.05) is 44.3 Å². The molecule has 0 saturated carbocycles. The van der Waals surface area contributed by atoms with Gasteiger partial charge in [0.1, 0.15) is 5.75 Å². The fourth-order valence-electron chi connectivity index (χ4n) is 5.21. The Morgan fingerprint density at radius 2 is 1.94 bits per heavy atom. The minimum atomic E-state index is -0.371. The van der Waals surface area contributed by atoms with E-state index in [2.05, 4.69) is 41.6 Å². The number of carbonyl (C=O) groups excluding carboxylic acids is 1. The molecule has 1 spiro atoms. The van der Waals surface area contributed by atoms with Crippen LogP contribution in [0, 0.1) is 5.41 Å². The van der Waals surface area contributed by atoms with Crippen LogP contribution in [0.2, 0.25) is 0 Å². The van der Waals surface area contributed by atoms with Crippen LogP contribution in [0.3, 0.4) is 0 Å². The topological polar surface area (TPSA) is 50.6 Å². The second-order valence-electron chi connectivity index (χ2n) is 9.86. The molecule has 0 radical (unpaired) electrons. The van der Waals surface area contributed by atoms with E-state index >= 15 is 0 Å². The van der Waals surface area contributed by atoms with Crippen LogP contribution < -0.4 is 4.74 Å². The third-order valence-electron chi connectivity index (χ3n) is 6.78. The minimum Gasteiger partial charge on any atom is -0.491 e. The summed E-state index contributed by atoms with van der Waals surface area (Å²) in [5.41, 5.74) is 1.93. The molecule has 2 aliphatic rings. The average Bonchev–Trinajstić information content (AvgIpc) is 3.33. The molecule has 2 saturated heterocycles. The third-order valence-corrected chi connectivity index (χ3v) is 6.78. The molecule has 0 bridgehead atoms. The van der Waals surface area contributed by atoms with Crippen LogP contribution in [0.4, 0.5) is 0 Å². The Bertz CT molecular complexity index is 905. The Hall–Kier alpha value is -2.34. The van der Waals surface area contributed by atoms with Gasteiger partial charge in [-0.15, -0.1) is 0 Å². The zero-order valence-corrected chi connectivity index (χ0v) is 19.5. The molecule has 2 fully saturated rings. The minimum absolute atomic E-state index is 0.131. The van der Waals surface area contributed by atoms with Crippen LogP contribution in [-0.2, 0) is 11.3 Å². The van der Waals surface area contributed by atoms with Crippen molar-refractivity contribution in [2.45, 2.75) is 65.1 Å². The highest BCUT2D eigenvalue weighted by atomic mass is 16.5. The Labute approximate surface area is 186 Å². The molecule has 31 heavy (non-hydrogen) atoms. The van der Waals surface area contributed by atoms with Gasteiger partial charge in [-0.05, 0) is 58.2 Å². The van der Waals surface area contributed by atoms with Gasteiger partial charge < -0.3 is 14.2 Å². The van der Waals surface area contributed by atoms with Gasteiger partial charge in [0.25, 0.3) is 0 Å². The van der Waals surface area contributed by atoms with E-state index in [0.29, 0.717) is 6.04 Å². The van der Waals surface area contributed by atoms with E-state index in [9.17, 15) is 4.79 Å². The monoisotopic (exact) mass is 424 g/mol. The number of likely N-dealkylation sites (tertiary alicyclic amines) is 2. The second kappa shape index (κ2) is 8.65. The van der Waals surface area contributed by atoms with Crippen molar-refractivity contribution in [2.75, 3.05) is 26.7 Å². The first kappa shape index (κ1) is 21.9. The molecule has 4 rings (SSSR count). The third kappa shape index (κ3) is 4.36. The number of piperidine rings is 1. The Balaban J connectivity index is 1.57. The van der Waals surface area contributed by atoms with Gasteiger partial charge in [-0.3, -0.25) is 9.69 Å². The van der Waals surface area contributed by atoms with Crippen molar-refractivity contribution in [2.24, 2.45) is 5.41 Å². The average molecular weight is 425 g/mol. The summed E-state index contributed by atoms with van der Waals surface area (Å²) in [6.07, 6.45) is 6.23. The van der Waals surface area contributed by atoms with Crippen LogP contribution >= 0.6 is 0 Å². The summed E-state index contributed by atoms with van der Waals surface area (Å²) in [5.74, 6) is 1.31. The molecule has 6 heteroatoms. The molecular formula is C25H36N4O2. The Morgan fingerprint density at radius 1 is 1.19 bits per heavy atom. The summed E-state index contributed by atoms with van der Waals surface area (Å²) in [6, 6.07) is 8.73. The number of ether oxygens (including phenoxy) is 1. The normalized spacial score (nSPS) is 24.7. The number of amides is 1. The van der Waals surface area contributed by atoms with Crippen LogP contribution in [0.15, 0.2) is 36.8 Å². The molecule has 0 unspecified atom stereocenters.